The molecular weight excluding hydrogens is 508 g/mol. The predicted molar refractivity (Wildman–Crippen MR) is 147 cm³/mol. The van der Waals surface area contributed by atoms with E-state index in [0.717, 1.165) is 12.0 Å². The van der Waals surface area contributed by atoms with Gasteiger partial charge >= 0.3 is 0 Å². The van der Waals surface area contributed by atoms with Crippen LogP contribution in [0.15, 0.2) is 77.7 Å². The van der Waals surface area contributed by atoms with Gasteiger partial charge in [-0.3, -0.25) is 9.59 Å². The molecule has 1 unspecified atom stereocenters. The molecule has 3 aromatic rings. The van der Waals surface area contributed by atoms with Crippen LogP contribution >= 0.6 is 11.6 Å². The van der Waals surface area contributed by atoms with Crippen LogP contribution in [-0.2, 0) is 21.1 Å². The molecule has 1 saturated carbocycles. The van der Waals surface area contributed by atoms with Gasteiger partial charge in [-0.05, 0) is 72.0 Å². The second-order valence-electron chi connectivity index (χ2n) is 9.51. The second-order valence-corrected chi connectivity index (χ2v) is 12.2. The Bertz CT molecular complexity index is 1350. The Morgan fingerprint density at radius 2 is 1.59 bits per heavy atom. The topological polar surface area (TPSA) is 83.5 Å². The molecule has 0 radical (unpaired) electrons. The number of carbonyl (C=O) groups is 2. The lowest BCUT2D eigenvalue weighted by atomic mass is 9.99. The van der Waals surface area contributed by atoms with Crippen molar-refractivity contribution < 1.29 is 18.0 Å². The zero-order valence-corrected chi connectivity index (χ0v) is 22.6. The molecule has 1 aliphatic carbocycles. The van der Waals surface area contributed by atoms with Crippen molar-refractivity contribution in [2.75, 3.05) is 18.1 Å². The van der Waals surface area contributed by atoms with Crippen LogP contribution in [0.1, 0.15) is 53.7 Å². The molecule has 1 aliphatic rings. The Morgan fingerprint density at radius 3 is 2.16 bits per heavy atom. The average Bonchev–Trinajstić information content (AvgIpc) is 3.72. The normalized spacial score (nSPS) is 14.1. The van der Waals surface area contributed by atoms with E-state index in [-0.39, 0.29) is 34.9 Å². The van der Waals surface area contributed by atoms with Crippen LogP contribution in [0.4, 0.5) is 5.69 Å². The molecule has 194 valence electrons. The smallest absolute Gasteiger partial charge is 0.254 e. The van der Waals surface area contributed by atoms with E-state index < -0.39 is 9.84 Å². The van der Waals surface area contributed by atoms with Crippen LogP contribution in [0.5, 0.6) is 0 Å². The molecule has 1 fully saturated rings. The maximum atomic E-state index is 13.3. The summed E-state index contributed by atoms with van der Waals surface area (Å²) in [5, 5.41) is 3.50. The van der Waals surface area contributed by atoms with Gasteiger partial charge in [-0.1, -0.05) is 55.6 Å². The maximum Gasteiger partial charge on any atom is 0.254 e. The van der Waals surface area contributed by atoms with Crippen molar-refractivity contribution >= 4 is 38.9 Å². The lowest BCUT2D eigenvalue weighted by Crippen LogP contribution is -2.31. The van der Waals surface area contributed by atoms with E-state index >= 15 is 0 Å². The fourth-order valence-electron chi connectivity index (χ4n) is 4.29. The van der Waals surface area contributed by atoms with Crippen molar-refractivity contribution in [1.29, 1.82) is 0 Å². The van der Waals surface area contributed by atoms with Crippen molar-refractivity contribution in [3.05, 3.63) is 94.5 Å². The first kappa shape index (κ1) is 26.9. The molecule has 3 aromatic carbocycles. The van der Waals surface area contributed by atoms with Gasteiger partial charge in [0.2, 0.25) is 5.91 Å². The number of hydrogen-bond donors (Lipinski definition) is 1. The number of hydrogen-bond acceptors (Lipinski definition) is 4. The van der Waals surface area contributed by atoms with E-state index in [1.807, 2.05) is 31.3 Å². The van der Waals surface area contributed by atoms with Gasteiger partial charge in [0.1, 0.15) is 0 Å². The molecule has 0 aliphatic heterocycles. The number of sulfone groups is 1. The summed E-state index contributed by atoms with van der Waals surface area (Å²) in [6.45, 7) is 1.60. The van der Waals surface area contributed by atoms with Crippen LogP contribution in [-0.4, -0.2) is 37.9 Å². The van der Waals surface area contributed by atoms with Gasteiger partial charge in [-0.2, -0.15) is 0 Å². The summed E-state index contributed by atoms with van der Waals surface area (Å²) in [5.74, 6) is 0.361. The summed E-state index contributed by atoms with van der Waals surface area (Å²) in [4.78, 5) is 27.8. The Labute approximate surface area is 223 Å². The van der Waals surface area contributed by atoms with E-state index in [1.165, 1.54) is 25.0 Å². The van der Waals surface area contributed by atoms with E-state index in [4.69, 9.17) is 11.6 Å². The third-order valence-electron chi connectivity index (χ3n) is 6.74. The number of benzene rings is 3. The summed E-state index contributed by atoms with van der Waals surface area (Å²) in [6.07, 6.45) is 3.42. The SMILES string of the molecule is CCS(=O)(=O)c1ccc(CC(=O)Nc2ccc(C(=O)N(C)C(CC3CC3)c3ccc(Cl)cc3)cc2)cc1. The predicted octanol–water partition coefficient (Wildman–Crippen LogP) is 5.93. The molecule has 0 aromatic heterocycles. The van der Waals surface area contributed by atoms with E-state index in [1.54, 1.807) is 48.2 Å². The number of anilines is 1. The molecule has 2 amide bonds. The van der Waals surface area contributed by atoms with Gasteiger partial charge in [-0.15, -0.1) is 0 Å². The molecule has 4 rings (SSSR count). The van der Waals surface area contributed by atoms with Crippen molar-refractivity contribution in [3.63, 3.8) is 0 Å². The van der Waals surface area contributed by atoms with Gasteiger partial charge in [0.15, 0.2) is 9.84 Å². The zero-order chi connectivity index (χ0) is 26.6. The highest BCUT2D eigenvalue weighted by atomic mass is 35.5. The minimum absolute atomic E-state index is 0.0312. The van der Waals surface area contributed by atoms with Crippen LogP contribution in [0.2, 0.25) is 5.02 Å². The molecule has 37 heavy (non-hydrogen) atoms. The zero-order valence-electron chi connectivity index (χ0n) is 21.0. The average molecular weight is 539 g/mol. The standard InChI is InChI=1S/C29H31ClN2O4S/c1-3-37(35,36)26-16-6-21(7-17-26)19-28(33)31-25-14-10-23(11-15-25)29(34)32(2)27(18-20-4-5-20)22-8-12-24(30)13-9-22/h6-17,20,27H,3-5,18-19H2,1-2H3,(H,31,33). The summed E-state index contributed by atoms with van der Waals surface area (Å²) < 4.78 is 23.9. The molecule has 0 spiro atoms. The van der Waals surface area contributed by atoms with Gasteiger partial charge < -0.3 is 10.2 Å². The Hall–Kier alpha value is -3.16. The first-order valence-corrected chi connectivity index (χ1v) is 14.4. The minimum Gasteiger partial charge on any atom is -0.335 e. The Kier molecular flexibility index (Phi) is 8.35. The van der Waals surface area contributed by atoms with Gasteiger partial charge in [0.05, 0.1) is 23.1 Å². The van der Waals surface area contributed by atoms with Crippen LogP contribution < -0.4 is 5.32 Å². The lowest BCUT2D eigenvalue weighted by molar-refractivity contribution is -0.115. The van der Waals surface area contributed by atoms with Crippen molar-refractivity contribution in [2.24, 2.45) is 5.92 Å². The number of nitrogens with zero attached hydrogens (tertiary/aromatic N) is 1. The Morgan fingerprint density at radius 1 is 0.973 bits per heavy atom. The summed E-state index contributed by atoms with van der Waals surface area (Å²) >= 11 is 6.06. The van der Waals surface area contributed by atoms with Gasteiger partial charge in [-0.25, -0.2) is 8.42 Å². The van der Waals surface area contributed by atoms with Crippen molar-refractivity contribution in [2.45, 2.75) is 43.5 Å². The summed E-state index contributed by atoms with van der Waals surface area (Å²) in [6, 6.07) is 20.9. The highest BCUT2D eigenvalue weighted by Gasteiger charge is 2.30. The number of halogens is 1. The Balaban J connectivity index is 1.38. The van der Waals surface area contributed by atoms with Crippen LogP contribution in [0, 0.1) is 5.92 Å². The lowest BCUT2D eigenvalue weighted by Gasteiger charge is -2.29. The molecule has 0 bridgehead atoms. The fraction of sp³-hybridized carbons (Fsp3) is 0.310. The fourth-order valence-corrected chi connectivity index (χ4v) is 5.30. The monoisotopic (exact) mass is 538 g/mol. The molecule has 8 heteroatoms. The quantitative estimate of drug-likeness (QED) is 0.347. The molecule has 1 atom stereocenters. The highest BCUT2D eigenvalue weighted by molar-refractivity contribution is 7.91. The van der Waals surface area contributed by atoms with Gasteiger partial charge in [0, 0.05) is 23.3 Å². The number of carbonyl (C=O) groups excluding carboxylic acids is 2. The first-order chi connectivity index (χ1) is 17.7. The molecule has 0 saturated heterocycles. The summed E-state index contributed by atoms with van der Waals surface area (Å²) in [7, 11) is -1.44. The van der Waals surface area contributed by atoms with Gasteiger partial charge in [0.25, 0.3) is 5.91 Å². The second kappa shape index (κ2) is 11.5. The molecule has 0 heterocycles. The third kappa shape index (κ3) is 6.99. The molecule has 1 N–H and O–H groups in total. The maximum absolute atomic E-state index is 13.3. The van der Waals surface area contributed by atoms with E-state index in [0.29, 0.717) is 27.8 Å². The van der Waals surface area contributed by atoms with Crippen molar-refractivity contribution in [3.8, 4) is 0 Å². The number of rotatable bonds is 10. The number of nitrogens with one attached hydrogen (secondary N) is 1. The molecular formula is C29H31ClN2O4S. The number of amides is 2. The van der Waals surface area contributed by atoms with Crippen LogP contribution in [0.25, 0.3) is 0 Å². The first-order valence-electron chi connectivity index (χ1n) is 12.4. The third-order valence-corrected chi connectivity index (χ3v) is 8.74. The van der Waals surface area contributed by atoms with Crippen LogP contribution in [0.3, 0.4) is 0 Å². The summed E-state index contributed by atoms with van der Waals surface area (Å²) in [5.41, 5.74) is 2.91. The van der Waals surface area contributed by atoms with Crippen molar-refractivity contribution in [1.82, 2.24) is 4.90 Å². The largest absolute Gasteiger partial charge is 0.335 e. The highest BCUT2D eigenvalue weighted by Crippen LogP contribution is 2.40. The molecule has 6 nitrogen and oxygen atoms in total. The minimum atomic E-state index is -3.27. The van der Waals surface area contributed by atoms with E-state index in [2.05, 4.69) is 5.32 Å². The van der Waals surface area contributed by atoms with E-state index in [9.17, 15) is 18.0 Å².